The van der Waals surface area contributed by atoms with Gasteiger partial charge in [0.25, 0.3) is 5.91 Å². The summed E-state index contributed by atoms with van der Waals surface area (Å²) in [6.07, 6.45) is 1.31. The maximum absolute atomic E-state index is 11.7. The molecule has 0 aliphatic rings. The molecular weight excluding hydrogens is 260 g/mol. The summed E-state index contributed by atoms with van der Waals surface area (Å²) in [4.78, 5) is 11.7. The zero-order chi connectivity index (χ0) is 13.5. The number of para-hydroxylation sites is 2. The van der Waals surface area contributed by atoms with E-state index >= 15 is 0 Å². The van der Waals surface area contributed by atoms with Gasteiger partial charge in [-0.1, -0.05) is 48.0 Å². The lowest BCUT2D eigenvalue weighted by atomic mass is 10.3. The first-order chi connectivity index (χ1) is 9.24. The summed E-state index contributed by atoms with van der Waals surface area (Å²) in [6.45, 7) is 0. The molecular formula is C15H13ClN2O. The monoisotopic (exact) mass is 272 g/mol. The third-order valence-electron chi connectivity index (χ3n) is 2.34. The van der Waals surface area contributed by atoms with Crippen LogP contribution in [-0.4, -0.2) is 5.91 Å². The minimum atomic E-state index is -0.278. The van der Waals surface area contributed by atoms with E-state index < -0.39 is 0 Å². The Hall–Kier alpha value is -2.26. The SMILES string of the molecule is O=C(/C=C(/Cl)Nc1ccccc1)Nc1ccccc1. The molecule has 0 aromatic heterocycles. The number of hydrogen-bond donors (Lipinski definition) is 2. The molecule has 2 N–H and O–H groups in total. The van der Waals surface area contributed by atoms with Gasteiger partial charge in [0, 0.05) is 17.5 Å². The Morgan fingerprint density at radius 1 is 0.842 bits per heavy atom. The first-order valence-corrected chi connectivity index (χ1v) is 6.17. The molecule has 0 atom stereocenters. The lowest BCUT2D eigenvalue weighted by Gasteiger charge is -2.05. The molecule has 4 heteroatoms. The predicted octanol–water partition coefficient (Wildman–Crippen LogP) is 3.82. The van der Waals surface area contributed by atoms with E-state index in [1.165, 1.54) is 6.08 Å². The molecule has 2 aromatic carbocycles. The van der Waals surface area contributed by atoms with Crippen LogP contribution in [0.2, 0.25) is 0 Å². The fourth-order valence-electron chi connectivity index (χ4n) is 1.51. The van der Waals surface area contributed by atoms with Crippen molar-refractivity contribution in [2.75, 3.05) is 10.6 Å². The van der Waals surface area contributed by atoms with Crippen molar-refractivity contribution in [2.24, 2.45) is 0 Å². The van der Waals surface area contributed by atoms with E-state index in [1.807, 2.05) is 60.7 Å². The molecule has 0 radical (unpaired) electrons. The summed E-state index contributed by atoms with van der Waals surface area (Å²) in [5.41, 5.74) is 1.56. The minimum Gasteiger partial charge on any atom is -0.346 e. The number of amides is 1. The van der Waals surface area contributed by atoms with E-state index in [1.54, 1.807) is 0 Å². The molecule has 0 spiro atoms. The predicted molar refractivity (Wildman–Crippen MR) is 79.1 cm³/mol. The maximum atomic E-state index is 11.7. The van der Waals surface area contributed by atoms with Crippen molar-refractivity contribution < 1.29 is 4.79 Å². The van der Waals surface area contributed by atoms with Crippen LogP contribution in [0.3, 0.4) is 0 Å². The van der Waals surface area contributed by atoms with Crippen LogP contribution in [-0.2, 0) is 4.79 Å². The molecule has 2 aromatic rings. The van der Waals surface area contributed by atoms with Gasteiger partial charge in [0.05, 0.1) is 0 Å². The normalized spacial score (nSPS) is 10.9. The zero-order valence-electron chi connectivity index (χ0n) is 10.1. The fourth-order valence-corrected chi connectivity index (χ4v) is 1.72. The first-order valence-electron chi connectivity index (χ1n) is 5.79. The Balaban J connectivity index is 1.95. The van der Waals surface area contributed by atoms with Crippen LogP contribution in [0.15, 0.2) is 71.9 Å². The number of benzene rings is 2. The van der Waals surface area contributed by atoms with Crippen molar-refractivity contribution in [2.45, 2.75) is 0 Å². The lowest BCUT2D eigenvalue weighted by Crippen LogP contribution is -2.09. The highest BCUT2D eigenvalue weighted by Crippen LogP contribution is 2.12. The molecule has 0 saturated carbocycles. The topological polar surface area (TPSA) is 41.1 Å². The van der Waals surface area contributed by atoms with Crippen LogP contribution in [0, 0.1) is 0 Å². The summed E-state index contributed by atoms with van der Waals surface area (Å²) in [7, 11) is 0. The molecule has 96 valence electrons. The number of rotatable bonds is 4. The number of anilines is 2. The van der Waals surface area contributed by atoms with Crippen molar-refractivity contribution in [1.29, 1.82) is 0 Å². The van der Waals surface area contributed by atoms with Crippen LogP contribution < -0.4 is 10.6 Å². The molecule has 0 fully saturated rings. The standard InChI is InChI=1S/C15H13ClN2O/c16-14(17-12-7-3-1-4-8-12)11-15(19)18-13-9-5-2-6-10-13/h1-11,17H,(H,18,19)/b14-11-. The Kier molecular flexibility index (Phi) is 4.59. The molecule has 0 bridgehead atoms. The molecule has 1 amide bonds. The van der Waals surface area contributed by atoms with Gasteiger partial charge in [0.15, 0.2) is 0 Å². The number of carbonyl (C=O) groups is 1. The van der Waals surface area contributed by atoms with Crippen molar-refractivity contribution in [3.05, 3.63) is 71.9 Å². The van der Waals surface area contributed by atoms with Crippen molar-refractivity contribution in [1.82, 2.24) is 0 Å². The Labute approximate surface area is 116 Å². The van der Waals surface area contributed by atoms with Gasteiger partial charge in [0.1, 0.15) is 5.16 Å². The molecule has 0 saturated heterocycles. The highest BCUT2D eigenvalue weighted by atomic mass is 35.5. The van der Waals surface area contributed by atoms with Crippen LogP contribution in [0.4, 0.5) is 11.4 Å². The summed E-state index contributed by atoms with van der Waals surface area (Å²) in [5, 5.41) is 5.91. The van der Waals surface area contributed by atoms with Crippen molar-refractivity contribution >= 4 is 28.9 Å². The van der Waals surface area contributed by atoms with Gasteiger partial charge in [-0.05, 0) is 24.3 Å². The third kappa shape index (κ3) is 4.48. The Morgan fingerprint density at radius 3 is 1.84 bits per heavy atom. The van der Waals surface area contributed by atoms with Crippen LogP contribution in [0.25, 0.3) is 0 Å². The summed E-state index contributed by atoms with van der Waals surface area (Å²) in [6, 6.07) is 18.6. The van der Waals surface area contributed by atoms with Gasteiger partial charge in [-0.3, -0.25) is 4.79 Å². The van der Waals surface area contributed by atoms with E-state index in [2.05, 4.69) is 10.6 Å². The summed E-state index contributed by atoms with van der Waals surface area (Å²) in [5.74, 6) is -0.278. The molecule has 0 heterocycles. The summed E-state index contributed by atoms with van der Waals surface area (Å²) >= 11 is 5.97. The largest absolute Gasteiger partial charge is 0.346 e. The van der Waals surface area contributed by atoms with Crippen molar-refractivity contribution in [3.63, 3.8) is 0 Å². The quantitative estimate of drug-likeness (QED) is 0.656. The third-order valence-corrected chi connectivity index (χ3v) is 2.54. The number of nitrogens with one attached hydrogen (secondary N) is 2. The van der Waals surface area contributed by atoms with Gasteiger partial charge in [0.2, 0.25) is 0 Å². The average Bonchev–Trinajstić information content (AvgIpc) is 2.40. The second-order valence-electron chi connectivity index (χ2n) is 3.84. The van der Waals surface area contributed by atoms with E-state index in [0.29, 0.717) is 0 Å². The van der Waals surface area contributed by atoms with Gasteiger partial charge < -0.3 is 10.6 Å². The lowest BCUT2D eigenvalue weighted by molar-refractivity contribution is -0.111. The molecule has 0 aliphatic carbocycles. The van der Waals surface area contributed by atoms with Gasteiger partial charge in [-0.15, -0.1) is 0 Å². The van der Waals surface area contributed by atoms with Gasteiger partial charge >= 0.3 is 0 Å². The van der Waals surface area contributed by atoms with E-state index in [0.717, 1.165) is 11.4 Å². The van der Waals surface area contributed by atoms with E-state index in [-0.39, 0.29) is 11.1 Å². The smallest absolute Gasteiger partial charge is 0.251 e. The zero-order valence-corrected chi connectivity index (χ0v) is 10.9. The highest BCUT2D eigenvalue weighted by molar-refractivity contribution is 6.32. The second kappa shape index (κ2) is 6.61. The van der Waals surface area contributed by atoms with Gasteiger partial charge in [-0.25, -0.2) is 0 Å². The van der Waals surface area contributed by atoms with Crippen LogP contribution in [0.1, 0.15) is 0 Å². The first kappa shape index (κ1) is 13.2. The summed E-state index contributed by atoms with van der Waals surface area (Å²) < 4.78 is 0. The van der Waals surface area contributed by atoms with Crippen LogP contribution >= 0.6 is 11.6 Å². The van der Waals surface area contributed by atoms with Gasteiger partial charge in [-0.2, -0.15) is 0 Å². The van der Waals surface area contributed by atoms with E-state index in [9.17, 15) is 4.79 Å². The van der Waals surface area contributed by atoms with E-state index in [4.69, 9.17) is 11.6 Å². The Morgan fingerprint density at radius 2 is 1.32 bits per heavy atom. The fraction of sp³-hybridized carbons (Fsp3) is 0. The average molecular weight is 273 g/mol. The molecule has 19 heavy (non-hydrogen) atoms. The highest BCUT2D eigenvalue weighted by Gasteiger charge is 2.00. The molecule has 0 unspecified atom stereocenters. The minimum absolute atomic E-state index is 0.264. The molecule has 2 rings (SSSR count). The Bertz CT molecular complexity index is 567. The number of halogens is 1. The number of hydrogen-bond acceptors (Lipinski definition) is 2. The van der Waals surface area contributed by atoms with Crippen molar-refractivity contribution in [3.8, 4) is 0 Å². The van der Waals surface area contributed by atoms with Crippen LogP contribution in [0.5, 0.6) is 0 Å². The maximum Gasteiger partial charge on any atom is 0.251 e. The second-order valence-corrected chi connectivity index (χ2v) is 4.25. The molecule has 0 aliphatic heterocycles. The number of carbonyl (C=O) groups excluding carboxylic acids is 1. The molecule has 3 nitrogen and oxygen atoms in total.